The van der Waals surface area contributed by atoms with Gasteiger partial charge in [0.05, 0.1) is 5.56 Å². The van der Waals surface area contributed by atoms with Gasteiger partial charge in [-0.25, -0.2) is 4.39 Å². The number of carbonyl (C=O) groups excluding carboxylic acids is 1. The smallest absolute Gasteiger partial charge is 0.252 e. The summed E-state index contributed by atoms with van der Waals surface area (Å²) in [6.07, 6.45) is 8.23. The molecule has 1 aliphatic carbocycles. The number of nitrogens with one attached hydrogen (secondary N) is 1. The SMILES string of the molecule is CSC1(CNC(=O)c2ccc(F)cc2I)CCCCC1. The van der Waals surface area contributed by atoms with Gasteiger partial charge in [-0.15, -0.1) is 0 Å². The second-order valence-corrected chi connectivity index (χ2v) is 7.69. The minimum atomic E-state index is -0.307. The van der Waals surface area contributed by atoms with E-state index in [1.165, 1.54) is 31.4 Å². The molecule has 5 heteroatoms. The number of hydrogen-bond acceptors (Lipinski definition) is 2. The van der Waals surface area contributed by atoms with Gasteiger partial charge in [0.1, 0.15) is 5.82 Å². The second-order valence-electron chi connectivity index (χ2n) is 5.25. The van der Waals surface area contributed by atoms with Crippen LogP contribution in [0.5, 0.6) is 0 Å². The quantitative estimate of drug-likeness (QED) is 0.758. The van der Waals surface area contributed by atoms with Crippen LogP contribution >= 0.6 is 34.4 Å². The van der Waals surface area contributed by atoms with E-state index in [2.05, 4.69) is 11.6 Å². The number of halogens is 2. The summed E-state index contributed by atoms with van der Waals surface area (Å²) in [4.78, 5) is 12.2. The van der Waals surface area contributed by atoms with Crippen molar-refractivity contribution in [1.82, 2.24) is 5.32 Å². The van der Waals surface area contributed by atoms with Crippen molar-refractivity contribution in [2.24, 2.45) is 0 Å². The summed E-state index contributed by atoms with van der Waals surface area (Å²) in [5, 5.41) is 3.03. The Morgan fingerprint density at radius 3 is 2.70 bits per heavy atom. The molecular weight excluding hydrogens is 388 g/mol. The van der Waals surface area contributed by atoms with Gasteiger partial charge in [0, 0.05) is 14.9 Å². The Hall–Kier alpha value is -0.300. The molecule has 1 saturated carbocycles. The molecule has 0 bridgehead atoms. The van der Waals surface area contributed by atoms with Crippen molar-refractivity contribution in [2.75, 3.05) is 12.8 Å². The molecule has 1 aliphatic rings. The Balaban J connectivity index is 2.00. The average molecular weight is 407 g/mol. The Morgan fingerprint density at radius 1 is 1.40 bits per heavy atom. The third-order valence-corrected chi connectivity index (χ3v) is 6.26. The molecule has 2 nitrogen and oxygen atoms in total. The Morgan fingerprint density at radius 2 is 2.10 bits per heavy atom. The summed E-state index contributed by atoms with van der Waals surface area (Å²) in [7, 11) is 0. The van der Waals surface area contributed by atoms with Crippen molar-refractivity contribution in [2.45, 2.75) is 36.9 Å². The van der Waals surface area contributed by atoms with Crippen LogP contribution in [0.1, 0.15) is 42.5 Å². The van der Waals surface area contributed by atoms with Gasteiger partial charge in [-0.05, 0) is 59.9 Å². The normalized spacial score (nSPS) is 17.8. The van der Waals surface area contributed by atoms with Gasteiger partial charge < -0.3 is 5.32 Å². The molecule has 0 aromatic heterocycles. The largest absolute Gasteiger partial charge is 0.351 e. The van der Waals surface area contributed by atoms with Crippen LogP contribution in [0.25, 0.3) is 0 Å². The van der Waals surface area contributed by atoms with Crippen LogP contribution in [0.4, 0.5) is 4.39 Å². The van der Waals surface area contributed by atoms with Crippen molar-refractivity contribution < 1.29 is 9.18 Å². The zero-order chi connectivity index (χ0) is 14.6. The number of amides is 1. The summed E-state index contributed by atoms with van der Waals surface area (Å²) in [6, 6.07) is 4.28. The first-order chi connectivity index (χ1) is 9.56. The maximum atomic E-state index is 13.1. The predicted molar refractivity (Wildman–Crippen MR) is 90.8 cm³/mol. The number of rotatable bonds is 4. The molecule has 0 heterocycles. The molecular formula is C15H19FINOS. The van der Waals surface area contributed by atoms with E-state index in [1.807, 2.05) is 34.4 Å². The summed E-state index contributed by atoms with van der Waals surface area (Å²) < 4.78 is 13.9. The Labute approximate surface area is 137 Å². The highest BCUT2D eigenvalue weighted by Crippen LogP contribution is 2.38. The fraction of sp³-hybridized carbons (Fsp3) is 0.533. The lowest BCUT2D eigenvalue weighted by Gasteiger charge is -2.35. The molecule has 110 valence electrons. The molecule has 0 radical (unpaired) electrons. The highest BCUT2D eigenvalue weighted by atomic mass is 127. The van der Waals surface area contributed by atoms with E-state index in [0.29, 0.717) is 15.7 Å². The lowest BCUT2D eigenvalue weighted by Crippen LogP contribution is -2.41. The van der Waals surface area contributed by atoms with Crippen molar-refractivity contribution in [3.05, 3.63) is 33.1 Å². The van der Waals surface area contributed by atoms with E-state index < -0.39 is 0 Å². The van der Waals surface area contributed by atoms with Crippen LogP contribution in [0.3, 0.4) is 0 Å². The molecule has 1 amide bonds. The van der Waals surface area contributed by atoms with E-state index in [9.17, 15) is 9.18 Å². The number of benzene rings is 1. The van der Waals surface area contributed by atoms with Gasteiger partial charge >= 0.3 is 0 Å². The lowest BCUT2D eigenvalue weighted by atomic mass is 9.88. The third kappa shape index (κ3) is 3.87. The van der Waals surface area contributed by atoms with Crippen LogP contribution in [0.15, 0.2) is 18.2 Å². The van der Waals surface area contributed by atoms with E-state index in [-0.39, 0.29) is 16.5 Å². The third-order valence-electron chi connectivity index (χ3n) is 3.94. The zero-order valence-electron chi connectivity index (χ0n) is 11.5. The predicted octanol–water partition coefficient (Wildman–Crippen LogP) is 4.23. The first-order valence-corrected chi connectivity index (χ1v) is 9.15. The number of hydrogen-bond donors (Lipinski definition) is 1. The van der Waals surface area contributed by atoms with Crippen molar-refractivity contribution in [1.29, 1.82) is 0 Å². The van der Waals surface area contributed by atoms with Gasteiger partial charge in [-0.2, -0.15) is 11.8 Å². The minimum Gasteiger partial charge on any atom is -0.351 e. The monoisotopic (exact) mass is 407 g/mol. The molecule has 0 spiro atoms. The van der Waals surface area contributed by atoms with E-state index in [0.717, 1.165) is 12.8 Å². The summed E-state index contributed by atoms with van der Waals surface area (Å²) in [5.74, 6) is -0.410. The molecule has 2 rings (SSSR count). The maximum absolute atomic E-state index is 13.1. The van der Waals surface area contributed by atoms with Gasteiger partial charge in [0.2, 0.25) is 0 Å². The van der Waals surface area contributed by atoms with E-state index in [1.54, 1.807) is 6.07 Å². The molecule has 1 N–H and O–H groups in total. The van der Waals surface area contributed by atoms with Crippen molar-refractivity contribution >= 4 is 40.3 Å². The van der Waals surface area contributed by atoms with Crippen LogP contribution in [0, 0.1) is 9.39 Å². The Kier molecular flexibility index (Phi) is 5.72. The topological polar surface area (TPSA) is 29.1 Å². The molecule has 0 aliphatic heterocycles. The Bertz CT molecular complexity index is 489. The fourth-order valence-corrected chi connectivity index (χ4v) is 4.30. The van der Waals surface area contributed by atoms with Crippen molar-refractivity contribution in [3.63, 3.8) is 0 Å². The second kappa shape index (κ2) is 7.11. The van der Waals surface area contributed by atoms with Crippen LogP contribution in [0.2, 0.25) is 0 Å². The molecule has 1 aromatic rings. The van der Waals surface area contributed by atoms with E-state index >= 15 is 0 Å². The molecule has 0 saturated heterocycles. The van der Waals surface area contributed by atoms with Gasteiger partial charge in [-0.1, -0.05) is 19.3 Å². The fourth-order valence-electron chi connectivity index (χ4n) is 2.66. The van der Waals surface area contributed by atoms with Crippen LogP contribution in [-0.2, 0) is 0 Å². The standard InChI is InChI=1S/C15H19FINOS/c1-20-15(7-3-2-4-8-15)10-18-14(19)12-6-5-11(16)9-13(12)17/h5-6,9H,2-4,7-8,10H2,1H3,(H,18,19). The van der Waals surface area contributed by atoms with E-state index in [4.69, 9.17) is 0 Å². The first-order valence-electron chi connectivity index (χ1n) is 6.85. The highest BCUT2D eigenvalue weighted by molar-refractivity contribution is 14.1. The molecule has 0 unspecified atom stereocenters. The van der Waals surface area contributed by atoms with Gasteiger partial charge in [-0.3, -0.25) is 4.79 Å². The van der Waals surface area contributed by atoms with Crippen LogP contribution < -0.4 is 5.32 Å². The molecule has 1 aromatic carbocycles. The summed E-state index contributed by atoms with van der Waals surface area (Å²) in [5.41, 5.74) is 0.555. The molecule has 0 atom stereocenters. The van der Waals surface area contributed by atoms with Crippen molar-refractivity contribution in [3.8, 4) is 0 Å². The van der Waals surface area contributed by atoms with Gasteiger partial charge in [0.25, 0.3) is 5.91 Å². The lowest BCUT2D eigenvalue weighted by molar-refractivity contribution is 0.0946. The first kappa shape index (κ1) is 16.1. The summed E-state index contributed by atoms with van der Waals surface area (Å²) in [6.45, 7) is 0.695. The summed E-state index contributed by atoms with van der Waals surface area (Å²) >= 11 is 3.86. The average Bonchev–Trinajstić information content (AvgIpc) is 2.46. The minimum absolute atomic E-state index is 0.103. The zero-order valence-corrected chi connectivity index (χ0v) is 14.5. The van der Waals surface area contributed by atoms with Crippen LogP contribution in [-0.4, -0.2) is 23.5 Å². The number of carbonyl (C=O) groups is 1. The highest BCUT2D eigenvalue weighted by Gasteiger charge is 2.31. The molecule has 20 heavy (non-hydrogen) atoms. The van der Waals surface area contributed by atoms with Gasteiger partial charge in [0.15, 0.2) is 0 Å². The number of thioether (sulfide) groups is 1. The maximum Gasteiger partial charge on any atom is 0.252 e. The molecule has 1 fully saturated rings.